The maximum atomic E-state index is 12.1. The van der Waals surface area contributed by atoms with Crippen molar-refractivity contribution in [3.05, 3.63) is 60.0 Å². The summed E-state index contributed by atoms with van der Waals surface area (Å²) in [6.07, 6.45) is 3.60. The van der Waals surface area contributed by atoms with Crippen LogP contribution in [0, 0.1) is 0 Å². The maximum Gasteiger partial charge on any atom is 0.167 e. The van der Waals surface area contributed by atoms with E-state index >= 15 is 0 Å². The minimum atomic E-state index is -3.06. The average Bonchev–Trinajstić information content (AvgIpc) is 3.26. The Kier molecular flexibility index (Phi) is 4.37. The highest BCUT2D eigenvalue weighted by Crippen LogP contribution is 2.29. The summed E-state index contributed by atoms with van der Waals surface area (Å²) < 4.78 is 31.4. The highest BCUT2D eigenvalue weighted by atomic mass is 32.2. The molecule has 8 heteroatoms. The van der Waals surface area contributed by atoms with Gasteiger partial charge < -0.3 is 4.52 Å². The van der Waals surface area contributed by atoms with E-state index in [9.17, 15) is 8.42 Å². The lowest BCUT2D eigenvalue weighted by Crippen LogP contribution is -2.42. The Morgan fingerprint density at radius 3 is 2.81 bits per heavy atom. The molecule has 1 atom stereocenters. The fourth-order valence-electron chi connectivity index (χ4n) is 3.28. The van der Waals surface area contributed by atoms with Crippen molar-refractivity contribution < 1.29 is 12.9 Å². The van der Waals surface area contributed by atoms with Crippen molar-refractivity contribution >= 4 is 9.84 Å². The topological polar surface area (TPSA) is 81.2 Å². The summed E-state index contributed by atoms with van der Waals surface area (Å²) in [5.41, 5.74) is 2.66. The molecule has 1 unspecified atom stereocenters. The lowest BCUT2D eigenvalue weighted by Gasteiger charge is -2.34. The number of hydrogen-bond acceptors (Lipinski definition) is 6. The monoisotopic (exact) mass is 372 g/mol. The minimum Gasteiger partial charge on any atom is -0.356 e. The molecule has 0 radical (unpaired) electrons. The van der Waals surface area contributed by atoms with Gasteiger partial charge in [-0.1, -0.05) is 35.5 Å². The number of sulfone groups is 1. The zero-order chi connectivity index (χ0) is 18.1. The van der Waals surface area contributed by atoms with Gasteiger partial charge in [0.2, 0.25) is 0 Å². The van der Waals surface area contributed by atoms with Crippen molar-refractivity contribution in [1.82, 2.24) is 19.8 Å². The molecule has 0 saturated carbocycles. The molecule has 26 heavy (non-hydrogen) atoms. The lowest BCUT2D eigenvalue weighted by atomic mass is 10.1. The Bertz CT molecular complexity index is 994. The lowest BCUT2D eigenvalue weighted by molar-refractivity contribution is 0.200. The van der Waals surface area contributed by atoms with Gasteiger partial charge in [0.25, 0.3) is 0 Å². The number of nitrogens with zero attached hydrogens (tertiary/aromatic N) is 4. The summed E-state index contributed by atoms with van der Waals surface area (Å²) in [5, 5.41) is 8.36. The van der Waals surface area contributed by atoms with E-state index in [0.717, 1.165) is 16.8 Å². The van der Waals surface area contributed by atoms with Crippen LogP contribution in [0.2, 0.25) is 0 Å². The van der Waals surface area contributed by atoms with E-state index in [2.05, 4.69) is 15.2 Å². The van der Waals surface area contributed by atoms with Gasteiger partial charge in [-0.05, 0) is 0 Å². The standard InChI is InChI=1S/C18H20N4O3S/c1-21-11-15(10-19-21)17-13-26(23,24)8-7-22(17)12-16-9-18(25-20-16)14-5-3-2-4-6-14/h2-6,9-11,17H,7-8,12-13H2,1H3. The van der Waals surface area contributed by atoms with Crippen molar-refractivity contribution in [3.63, 3.8) is 0 Å². The Morgan fingerprint density at radius 1 is 1.27 bits per heavy atom. The predicted octanol–water partition coefficient (Wildman–Crippen LogP) is 2.05. The van der Waals surface area contributed by atoms with Crippen LogP contribution in [-0.2, 0) is 23.4 Å². The molecule has 1 saturated heterocycles. The molecule has 136 valence electrons. The normalized spacial score (nSPS) is 20.3. The van der Waals surface area contributed by atoms with E-state index in [1.54, 1.807) is 10.9 Å². The highest BCUT2D eigenvalue weighted by molar-refractivity contribution is 7.91. The quantitative estimate of drug-likeness (QED) is 0.697. The van der Waals surface area contributed by atoms with Crippen LogP contribution in [-0.4, -0.2) is 46.3 Å². The van der Waals surface area contributed by atoms with Crippen LogP contribution in [0.4, 0.5) is 0 Å². The molecular formula is C18H20N4O3S. The van der Waals surface area contributed by atoms with Gasteiger partial charge in [-0.25, -0.2) is 8.42 Å². The summed E-state index contributed by atoms with van der Waals surface area (Å²) in [5.74, 6) is 0.970. The van der Waals surface area contributed by atoms with E-state index in [-0.39, 0.29) is 17.5 Å². The second-order valence-electron chi connectivity index (χ2n) is 6.60. The summed E-state index contributed by atoms with van der Waals surface area (Å²) in [6, 6.07) is 11.5. The minimum absolute atomic E-state index is 0.0993. The summed E-state index contributed by atoms with van der Waals surface area (Å²) >= 11 is 0. The van der Waals surface area contributed by atoms with Gasteiger partial charge in [-0.3, -0.25) is 9.58 Å². The first-order valence-electron chi connectivity index (χ1n) is 8.44. The van der Waals surface area contributed by atoms with E-state index in [0.29, 0.717) is 18.8 Å². The van der Waals surface area contributed by atoms with Crippen LogP contribution in [0.5, 0.6) is 0 Å². The number of aryl methyl sites for hydroxylation is 1. The second-order valence-corrected chi connectivity index (χ2v) is 8.83. The van der Waals surface area contributed by atoms with Crippen LogP contribution in [0.1, 0.15) is 17.3 Å². The zero-order valence-corrected chi connectivity index (χ0v) is 15.3. The molecule has 1 aliphatic rings. The zero-order valence-electron chi connectivity index (χ0n) is 14.4. The first-order chi connectivity index (χ1) is 12.5. The van der Waals surface area contributed by atoms with E-state index in [1.807, 2.05) is 49.6 Å². The van der Waals surface area contributed by atoms with E-state index < -0.39 is 9.84 Å². The van der Waals surface area contributed by atoms with Crippen molar-refractivity contribution in [2.75, 3.05) is 18.1 Å². The molecule has 1 fully saturated rings. The average molecular weight is 372 g/mol. The number of hydrogen-bond donors (Lipinski definition) is 0. The Hall–Kier alpha value is -2.45. The SMILES string of the molecule is Cn1cc(C2CS(=O)(=O)CCN2Cc2cc(-c3ccccc3)on2)cn1. The van der Waals surface area contributed by atoms with Crippen molar-refractivity contribution in [2.45, 2.75) is 12.6 Å². The van der Waals surface area contributed by atoms with E-state index in [4.69, 9.17) is 4.52 Å². The van der Waals surface area contributed by atoms with Crippen molar-refractivity contribution in [1.29, 1.82) is 0 Å². The second kappa shape index (κ2) is 6.69. The van der Waals surface area contributed by atoms with Crippen molar-refractivity contribution in [2.24, 2.45) is 7.05 Å². The first kappa shape index (κ1) is 17.0. The molecule has 7 nitrogen and oxygen atoms in total. The molecule has 3 heterocycles. The Morgan fingerprint density at radius 2 is 2.08 bits per heavy atom. The van der Waals surface area contributed by atoms with Crippen LogP contribution in [0.15, 0.2) is 53.3 Å². The molecule has 2 aromatic heterocycles. The summed E-state index contributed by atoms with van der Waals surface area (Å²) in [6.45, 7) is 1.00. The van der Waals surface area contributed by atoms with Crippen LogP contribution in [0.25, 0.3) is 11.3 Å². The molecule has 0 spiro atoms. The van der Waals surface area contributed by atoms with Gasteiger partial charge >= 0.3 is 0 Å². The van der Waals surface area contributed by atoms with Gasteiger partial charge in [-0.2, -0.15) is 5.10 Å². The number of benzene rings is 1. The Balaban J connectivity index is 1.57. The summed E-state index contributed by atoms with van der Waals surface area (Å²) in [4.78, 5) is 2.13. The predicted molar refractivity (Wildman–Crippen MR) is 97.0 cm³/mol. The van der Waals surface area contributed by atoms with Gasteiger partial charge in [0.05, 0.1) is 29.4 Å². The van der Waals surface area contributed by atoms with Gasteiger partial charge in [0.1, 0.15) is 0 Å². The van der Waals surface area contributed by atoms with E-state index in [1.165, 1.54) is 0 Å². The molecule has 0 aliphatic carbocycles. The third kappa shape index (κ3) is 3.56. The Labute approximate surface area is 152 Å². The van der Waals surface area contributed by atoms with Crippen LogP contribution in [0.3, 0.4) is 0 Å². The molecule has 1 aromatic carbocycles. The molecule has 1 aliphatic heterocycles. The van der Waals surface area contributed by atoms with Crippen LogP contribution < -0.4 is 0 Å². The van der Waals surface area contributed by atoms with Gasteiger partial charge in [0, 0.05) is 43.5 Å². The smallest absolute Gasteiger partial charge is 0.167 e. The fraction of sp³-hybridized carbons (Fsp3) is 0.333. The molecule has 4 rings (SSSR count). The third-order valence-corrected chi connectivity index (χ3v) is 6.26. The first-order valence-corrected chi connectivity index (χ1v) is 10.3. The molecule has 0 N–H and O–H groups in total. The fourth-order valence-corrected chi connectivity index (χ4v) is 4.85. The van der Waals surface area contributed by atoms with Crippen molar-refractivity contribution in [3.8, 4) is 11.3 Å². The number of aromatic nitrogens is 3. The summed E-state index contributed by atoms with van der Waals surface area (Å²) in [7, 11) is -1.23. The maximum absolute atomic E-state index is 12.1. The molecular weight excluding hydrogens is 352 g/mol. The molecule has 0 amide bonds. The highest BCUT2D eigenvalue weighted by Gasteiger charge is 2.33. The van der Waals surface area contributed by atoms with Gasteiger partial charge in [0.15, 0.2) is 15.6 Å². The van der Waals surface area contributed by atoms with Gasteiger partial charge in [-0.15, -0.1) is 0 Å². The molecule has 0 bridgehead atoms. The third-order valence-electron chi connectivity index (χ3n) is 4.63. The largest absolute Gasteiger partial charge is 0.356 e. The van der Waals surface area contributed by atoms with Crippen LogP contribution >= 0.6 is 0 Å². The molecule has 3 aromatic rings. The number of rotatable bonds is 4.